The number of aromatic nitrogens is 3. The van der Waals surface area contributed by atoms with Gasteiger partial charge in [-0.05, 0) is 52.3 Å². The first-order chi connectivity index (χ1) is 13.5. The highest BCUT2D eigenvalue weighted by molar-refractivity contribution is 5.96. The quantitative estimate of drug-likeness (QED) is 0.603. The Morgan fingerprint density at radius 1 is 1.21 bits per heavy atom. The van der Waals surface area contributed by atoms with Crippen LogP contribution in [0.2, 0.25) is 0 Å². The van der Waals surface area contributed by atoms with Gasteiger partial charge in [0.2, 0.25) is 0 Å². The van der Waals surface area contributed by atoms with Gasteiger partial charge < -0.3 is 14.6 Å². The second kappa shape index (κ2) is 8.73. The van der Waals surface area contributed by atoms with E-state index in [1.165, 1.54) is 0 Å². The number of benzene rings is 1. The first kappa shape index (κ1) is 19.7. The van der Waals surface area contributed by atoms with Crippen molar-refractivity contribution < 1.29 is 14.1 Å². The van der Waals surface area contributed by atoms with Crippen LogP contribution in [0.1, 0.15) is 45.2 Å². The molecule has 1 N–H and O–H groups in total. The Hall–Kier alpha value is -3.09. The van der Waals surface area contributed by atoms with Gasteiger partial charge in [-0.3, -0.25) is 9.48 Å². The number of rotatable bonds is 8. The first-order valence-corrected chi connectivity index (χ1v) is 9.38. The van der Waals surface area contributed by atoms with Gasteiger partial charge in [0, 0.05) is 18.8 Å². The number of aryl methyl sites for hydroxylation is 5. The van der Waals surface area contributed by atoms with Crippen LogP contribution in [-0.2, 0) is 13.2 Å². The molecule has 0 saturated carbocycles. The molecule has 0 aliphatic rings. The summed E-state index contributed by atoms with van der Waals surface area (Å²) in [4.78, 5) is 12.6. The number of para-hydroxylation sites is 1. The molecule has 28 heavy (non-hydrogen) atoms. The molecule has 0 aliphatic carbocycles. The first-order valence-electron chi connectivity index (χ1n) is 9.38. The number of amides is 1. The molecule has 0 aliphatic heterocycles. The fourth-order valence-electron chi connectivity index (χ4n) is 3.07. The molecule has 3 aromatic rings. The molecule has 148 valence electrons. The minimum atomic E-state index is -0.150. The average molecular weight is 382 g/mol. The number of nitrogens with zero attached hydrogens (tertiary/aromatic N) is 3. The molecule has 7 nitrogen and oxygen atoms in total. The number of nitrogens with one attached hydrogen (secondary N) is 1. The van der Waals surface area contributed by atoms with Gasteiger partial charge in [0.1, 0.15) is 18.1 Å². The molecule has 0 bridgehead atoms. The van der Waals surface area contributed by atoms with Gasteiger partial charge in [0.25, 0.3) is 5.91 Å². The van der Waals surface area contributed by atoms with Crippen LogP contribution in [0, 0.1) is 27.7 Å². The summed E-state index contributed by atoms with van der Waals surface area (Å²) in [7, 11) is 0. The molecule has 0 saturated heterocycles. The summed E-state index contributed by atoms with van der Waals surface area (Å²) < 4.78 is 13.0. The third kappa shape index (κ3) is 4.60. The predicted molar refractivity (Wildman–Crippen MR) is 105 cm³/mol. The lowest BCUT2D eigenvalue weighted by Crippen LogP contribution is -2.26. The van der Waals surface area contributed by atoms with Gasteiger partial charge in [0.05, 0.1) is 22.5 Å². The summed E-state index contributed by atoms with van der Waals surface area (Å²) in [5.41, 5.74) is 4.34. The molecule has 2 aromatic heterocycles. The molecule has 1 aromatic carbocycles. The number of ether oxygens (including phenoxy) is 1. The lowest BCUT2D eigenvalue weighted by Gasteiger charge is -2.12. The van der Waals surface area contributed by atoms with E-state index in [2.05, 4.69) is 15.6 Å². The maximum Gasteiger partial charge on any atom is 0.255 e. The maximum absolute atomic E-state index is 12.6. The molecular weight excluding hydrogens is 356 g/mol. The molecule has 2 heterocycles. The number of carbonyl (C=O) groups is 1. The topological polar surface area (TPSA) is 82.2 Å². The Morgan fingerprint density at radius 2 is 2.00 bits per heavy atom. The molecule has 0 fully saturated rings. The molecule has 0 spiro atoms. The predicted octanol–water partition coefficient (Wildman–Crippen LogP) is 3.50. The van der Waals surface area contributed by atoms with Crippen molar-refractivity contribution in [1.29, 1.82) is 0 Å². The highest BCUT2D eigenvalue weighted by atomic mass is 16.5. The molecular formula is C21H26N4O3. The summed E-state index contributed by atoms with van der Waals surface area (Å²) in [5, 5.41) is 11.3. The van der Waals surface area contributed by atoms with Crippen molar-refractivity contribution in [2.75, 3.05) is 6.54 Å². The third-order valence-corrected chi connectivity index (χ3v) is 4.62. The van der Waals surface area contributed by atoms with Crippen LogP contribution in [-0.4, -0.2) is 27.4 Å². The fraction of sp³-hybridized carbons (Fsp3) is 0.381. The molecule has 0 radical (unpaired) electrons. The van der Waals surface area contributed by atoms with Crippen LogP contribution in [0.15, 0.2) is 34.9 Å². The zero-order chi connectivity index (χ0) is 20.1. The van der Waals surface area contributed by atoms with Crippen molar-refractivity contribution in [3.63, 3.8) is 0 Å². The lowest BCUT2D eigenvalue weighted by molar-refractivity contribution is 0.0948. The fourth-order valence-corrected chi connectivity index (χ4v) is 3.07. The second-order valence-electron chi connectivity index (χ2n) is 6.85. The zero-order valence-corrected chi connectivity index (χ0v) is 16.8. The molecule has 1 amide bonds. The van der Waals surface area contributed by atoms with E-state index in [9.17, 15) is 4.79 Å². The van der Waals surface area contributed by atoms with Crippen LogP contribution in [0.3, 0.4) is 0 Å². The van der Waals surface area contributed by atoms with E-state index in [0.29, 0.717) is 24.5 Å². The monoisotopic (exact) mass is 382 g/mol. The highest BCUT2D eigenvalue weighted by Gasteiger charge is 2.14. The van der Waals surface area contributed by atoms with Crippen LogP contribution in [0.5, 0.6) is 5.75 Å². The van der Waals surface area contributed by atoms with Gasteiger partial charge in [-0.2, -0.15) is 5.10 Å². The highest BCUT2D eigenvalue weighted by Crippen LogP contribution is 2.21. The van der Waals surface area contributed by atoms with Crippen LogP contribution >= 0.6 is 0 Å². The van der Waals surface area contributed by atoms with E-state index in [-0.39, 0.29) is 5.91 Å². The summed E-state index contributed by atoms with van der Waals surface area (Å²) in [6, 6.07) is 9.28. The Balaban J connectivity index is 1.55. The largest absolute Gasteiger partial charge is 0.488 e. The SMILES string of the molecule is Cc1cc(C)n(CCCNC(=O)c2ccccc2OCc2c(C)noc2C)n1. The van der Waals surface area contributed by atoms with E-state index >= 15 is 0 Å². The number of hydrogen-bond acceptors (Lipinski definition) is 5. The normalized spacial score (nSPS) is 10.9. The summed E-state index contributed by atoms with van der Waals surface area (Å²) in [6.07, 6.45) is 0.801. The summed E-state index contributed by atoms with van der Waals surface area (Å²) in [6.45, 7) is 9.37. The Morgan fingerprint density at radius 3 is 2.68 bits per heavy atom. The molecule has 3 rings (SSSR count). The smallest absolute Gasteiger partial charge is 0.255 e. The van der Waals surface area contributed by atoms with E-state index in [0.717, 1.165) is 41.4 Å². The Kier molecular flexibility index (Phi) is 6.13. The summed E-state index contributed by atoms with van der Waals surface area (Å²) in [5.74, 6) is 1.12. The lowest BCUT2D eigenvalue weighted by atomic mass is 10.1. The van der Waals surface area contributed by atoms with Crippen molar-refractivity contribution in [3.8, 4) is 5.75 Å². The second-order valence-corrected chi connectivity index (χ2v) is 6.85. The molecule has 0 atom stereocenters. The minimum absolute atomic E-state index is 0.150. The van der Waals surface area contributed by atoms with E-state index in [1.54, 1.807) is 12.1 Å². The molecule has 0 unspecified atom stereocenters. The van der Waals surface area contributed by atoms with Crippen molar-refractivity contribution in [1.82, 2.24) is 20.3 Å². The van der Waals surface area contributed by atoms with E-state index < -0.39 is 0 Å². The minimum Gasteiger partial charge on any atom is -0.488 e. The van der Waals surface area contributed by atoms with Crippen molar-refractivity contribution in [2.24, 2.45) is 0 Å². The van der Waals surface area contributed by atoms with Crippen LogP contribution < -0.4 is 10.1 Å². The number of carbonyl (C=O) groups excluding carboxylic acids is 1. The van der Waals surface area contributed by atoms with Gasteiger partial charge in [-0.1, -0.05) is 17.3 Å². The zero-order valence-electron chi connectivity index (χ0n) is 16.8. The van der Waals surface area contributed by atoms with Gasteiger partial charge >= 0.3 is 0 Å². The van der Waals surface area contributed by atoms with Crippen LogP contribution in [0.4, 0.5) is 0 Å². The number of hydrogen-bond donors (Lipinski definition) is 1. The van der Waals surface area contributed by atoms with Crippen molar-refractivity contribution in [3.05, 3.63) is 64.3 Å². The Labute approximate surface area is 164 Å². The summed E-state index contributed by atoms with van der Waals surface area (Å²) >= 11 is 0. The van der Waals surface area contributed by atoms with Crippen molar-refractivity contribution in [2.45, 2.75) is 47.3 Å². The Bertz CT molecular complexity index is 939. The molecule has 7 heteroatoms. The van der Waals surface area contributed by atoms with Gasteiger partial charge in [0.15, 0.2) is 0 Å². The maximum atomic E-state index is 12.6. The van der Waals surface area contributed by atoms with Crippen LogP contribution in [0.25, 0.3) is 0 Å². The van der Waals surface area contributed by atoms with E-state index in [1.807, 2.05) is 50.6 Å². The van der Waals surface area contributed by atoms with E-state index in [4.69, 9.17) is 9.26 Å². The van der Waals surface area contributed by atoms with Crippen molar-refractivity contribution >= 4 is 5.91 Å². The van der Waals surface area contributed by atoms with Gasteiger partial charge in [-0.15, -0.1) is 0 Å². The third-order valence-electron chi connectivity index (χ3n) is 4.62. The van der Waals surface area contributed by atoms with Gasteiger partial charge in [-0.25, -0.2) is 0 Å². The standard InChI is InChI=1S/C21H26N4O3/c1-14-12-15(2)25(23-14)11-7-10-22-21(26)18-8-5-6-9-20(18)27-13-19-16(3)24-28-17(19)4/h5-6,8-9,12H,7,10-11,13H2,1-4H3,(H,22,26). The average Bonchev–Trinajstić information content (AvgIpc) is 3.17.